The first-order chi connectivity index (χ1) is 15.8. The molecule has 2 N–H and O–H groups in total. The second-order valence-corrected chi connectivity index (χ2v) is 8.64. The Morgan fingerprint density at radius 1 is 1.15 bits per heavy atom. The van der Waals surface area contributed by atoms with Gasteiger partial charge in [0, 0.05) is 24.8 Å². The van der Waals surface area contributed by atoms with Crippen molar-refractivity contribution in [3.8, 4) is 5.75 Å². The van der Waals surface area contributed by atoms with Gasteiger partial charge in [-0.3, -0.25) is 14.3 Å². The van der Waals surface area contributed by atoms with E-state index in [9.17, 15) is 9.59 Å². The van der Waals surface area contributed by atoms with Gasteiger partial charge in [0.1, 0.15) is 12.4 Å². The maximum absolute atomic E-state index is 12.9. The van der Waals surface area contributed by atoms with E-state index in [1.165, 1.54) is 0 Å². The Bertz CT molecular complexity index is 1140. The molecule has 3 rings (SSSR count). The summed E-state index contributed by atoms with van der Waals surface area (Å²) in [5.74, 6) is 0.248. The highest BCUT2D eigenvalue weighted by molar-refractivity contribution is 6.32. The van der Waals surface area contributed by atoms with E-state index in [-0.39, 0.29) is 24.1 Å². The fourth-order valence-electron chi connectivity index (χ4n) is 3.10. The first-order valence-electron chi connectivity index (χ1n) is 10.9. The molecule has 0 atom stereocenters. The van der Waals surface area contributed by atoms with Gasteiger partial charge in [-0.05, 0) is 55.2 Å². The standard InChI is InChI=1S/C25H29ClN4O3/c1-5-30-14-21(23(29-30)25(32)27-13-16(2)3)28-24(31)19-8-6-7-18(12-19)15-33-22-11-17(4)9-10-20(22)26/h6-12,14,16H,5,13,15H2,1-4H3,(H,27,32)(H,28,31). The summed E-state index contributed by atoms with van der Waals surface area (Å²) in [5, 5.41) is 10.5. The fraction of sp³-hybridized carbons (Fsp3) is 0.320. The number of aryl methyl sites for hydroxylation is 2. The quantitative estimate of drug-likeness (QED) is 0.458. The van der Waals surface area contributed by atoms with Crippen molar-refractivity contribution in [2.45, 2.75) is 40.8 Å². The van der Waals surface area contributed by atoms with E-state index in [1.54, 1.807) is 35.1 Å². The lowest BCUT2D eigenvalue weighted by Crippen LogP contribution is -2.28. The van der Waals surface area contributed by atoms with E-state index in [1.807, 2.05) is 45.9 Å². The Kier molecular flexibility index (Phi) is 8.11. The number of nitrogens with zero attached hydrogens (tertiary/aromatic N) is 2. The minimum atomic E-state index is -0.334. The van der Waals surface area contributed by atoms with Gasteiger partial charge < -0.3 is 15.4 Å². The summed E-state index contributed by atoms with van der Waals surface area (Å²) in [4.78, 5) is 25.5. The molecule has 1 heterocycles. The largest absolute Gasteiger partial charge is 0.487 e. The van der Waals surface area contributed by atoms with E-state index in [2.05, 4.69) is 15.7 Å². The number of carbonyl (C=O) groups is 2. The smallest absolute Gasteiger partial charge is 0.273 e. The molecule has 7 nitrogen and oxygen atoms in total. The summed E-state index contributed by atoms with van der Waals surface area (Å²) in [6.07, 6.45) is 1.66. The number of aromatic nitrogens is 2. The van der Waals surface area contributed by atoms with E-state index in [0.29, 0.717) is 41.0 Å². The van der Waals surface area contributed by atoms with Crippen molar-refractivity contribution < 1.29 is 14.3 Å². The highest BCUT2D eigenvalue weighted by Gasteiger charge is 2.19. The van der Waals surface area contributed by atoms with Crippen LogP contribution in [0.1, 0.15) is 52.7 Å². The van der Waals surface area contributed by atoms with Crippen LogP contribution in [0, 0.1) is 12.8 Å². The fourth-order valence-corrected chi connectivity index (χ4v) is 3.27. The second-order valence-electron chi connectivity index (χ2n) is 8.23. The van der Waals surface area contributed by atoms with E-state index in [4.69, 9.17) is 16.3 Å². The molecule has 3 aromatic rings. The van der Waals surface area contributed by atoms with Crippen LogP contribution in [0.4, 0.5) is 5.69 Å². The molecule has 0 unspecified atom stereocenters. The SMILES string of the molecule is CCn1cc(NC(=O)c2cccc(COc3cc(C)ccc3Cl)c2)c(C(=O)NCC(C)C)n1. The Morgan fingerprint density at radius 3 is 2.67 bits per heavy atom. The zero-order valence-corrected chi connectivity index (χ0v) is 20.1. The lowest BCUT2D eigenvalue weighted by molar-refractivity contribution is 0.0944. The van der Waals surface area contributed by atoms with Crippen LogP contribution in [-0.4, -0.2) is 28.1 Å². The molecule has 174 valence electrons. The molecule has 0 fully saturated rings. The summed E-state index contributed by atoms with van der Waals surface area (Å²) in [5.41, 5.74) is 2.88. The van der Waals surface area contributed by atoms with Gasteiger partial charge in [-0.1, -0.05) is 43.6 Å². The van der Waals surface area contributed by atoms with Gasteiger partial charge in [0.05, 0.1) is 10.7 Å². The lowest BCUT2D eigenvalue weighted by Gasteiger charge is -2.11. The molecule has 0 saturated carbocycles. The van der Waals surface area contributed by atoms with E-state index in [0.717, 1.165) is 11.1 Å². The maximum atomic E-state index is 12.9. The first-order valence-corrected chi connectivity index (χ1v) is 11.3. The predicted molar refractivity (Wildman–Crippen MR) is 130 cm³/mol. The van der Waals surface area contributed by atoms with E-state index >= 15 is 0 Å². The van der Waals surface area contributed by atoms with Gasteiger partial charge >= 0.3 is 0 Å². The molecule has 8 heteroatoms. The lowest BCUT2D eigenvalue weighted by atomic mass is 10.1. The number of hydrogen-bond acceptors (Lipinski definition) is 4. The Morgan fingerprint density at radius 2 is 1.94 bits per heavy atom. The molecule has 0 aliphatic rings. The highest BCUT2D eigenvalue weighted by Crippen LogP contribution is 2.26. The van der Waals surface area contributed by atoms with Gasteiger partial charge in [-0.2, -0.15) is 5.10 Å². The number of halogens is 1. The van der Waals surface area contributed by atoms with Gasteiger partial charge in [0.2, 0.25) is 0 Å². The number of ether oxygens (including phenoxy) is 1. The van der Waals surface area contributed by atoms with Gasteiger partial charge in [0.15, 0.2) is 5.69 Å². The zero-order chi connectivity index (χ0) is 24.0. The first kappa shape index (κ1) is 24.3. The third-order valence-corrected chi connectivity index (χ3v) is 5.20. The van der Waals surface area contributed by atoms with Crippen LogP contribution in [0.25, 0.3) is 0 Å². The van der Waals surface area contributed by atoms with Crippen molar-refractivity contribution >= 4 is 29.1 Å². The van der Waals surface area contributed by atoms with Gasteiger partial charge in [-0.25, -0.2) is 0 Å². The maximum Gasteiger partial charge on any atom is 0.273 e. The summed E-state index contributed by atoms with van der Waals surface area (Å²) in [6, 6.07) is 12.7. The molecular weight excluding hydrogens is 440 g/mol. The summed E-state index contributed by atoms with van der Waals surface area (Å²) >= 11 is 6.20. The van der Waals surface area contributed by atoms with Gasteiger partial charge in [0.25, 0.3) is 11.8 Å². The summed E-state index contributed by atoms with van der Waals surface area (Å²) in [7, 11) is 0. The van der Waals surface area contributed by atoms with Crippen molar-refractivity contribution in [1.29, 1.82) is 0 Å². The molecule has 2 aromatic carbocycles. The predicted octanol–water partition coefficient (Wildman–Crippen LogP) is 5.08. The van der Waals surface area contributed by atoms with Crippen molar-refractivity contribution in [3.63, 3.8) is 0 Å². The van der Waals surface area contributed by atoms with Crippen molar-refractivity contribution in [2.24, 2.45) is 5.92 Å². The Hall–Kier alpha value is -3.32. The average Bonchev–Trinajstić information content (AvgIpc) is 3.21. The van der Waals surface area contributed by atoms with Crippen LogP contribution in [0.2, 0.25) is 5.02 Å². The molecule has 0 spiro atoms. The number of carbonyl (C=O) groups excluding carboxylic acids is 2. The minimum absolute atomic E-state index is 0.194. The van der Waals surface area contributed by atoms with E-state index < -0.39 is 0 Å². The normalized spacial score (nSPS) is 10.8. The van der Waals surface area contributed by atoms with Crippen LogP contribution < -0.4 is 15.4 Å². The van der Waals surface area contributed by atoms with Crippen molar-refractivity contribution in [3.05, 3.63) is 76.1 Å². The van der Waals surface area contributed by atoms with Crippen molar-refractivity contribution in [1.82, 2.24) is 15.1 Å². The Labute approximate surface area is 199 Å². The van der Waals surface area contributed by atoms with Crippen LogP contribution in [0.3, 0.4) is 0 Å². The van der Waals surface area contributed by atoms with Gasteiger partial charge in [-0.15, -0.1) is 0 Å². The molecule has 1 aromatic heterocycles. The van der Waals surface area contributed by atoms with Crippen molar-refractivity contribution in [2.75, 3.05) is 11.9 Å². The molecule has 0 radical (unpaired) electrons. The molecular formula is C25H29ClN4O3. The molecule has 33 heavy (non-hydrogen) atoms. The Balaban J connectivity index is 1.72. The van der Waals surface area contributed by atoms with Crippen LogP contribution in [0.5, 0.6) is 5.75 Å². The number of anilines is 1. The topological polar surface area (TPSA) is 85.2 Å². The third kappa shape index (κ3) is 6.58. The molecule has 0 saturated heterocycles. The van der Waals surface area contributed by atoms with Crippen LogP contribution in [0.15, 0.2) is 48.7 Å². The summed E-state index contributed by atoms with van der Waals surface area (Å²) < 4.78 is 7.46. The number of amides is 2. The minimum Gasteiger partial charge on any atom is -0.487 e. The molecule has 0 bridgehead atoms. The molecule has 0 aliphatic heterocycles. The number of rotatable bonds is 9. The third-order valence-electron chi connectivity index (χ3n) is 4.89. The number of hydrogen-bond donors (Lipinski definition) is 2. The monoisotopic (exact) mass is 468 g/mol. The zero-order valence-electron chi connectivity index (χ0n) is 19.3. The molecule has 2 amide bonds. The van der Waals surface area contributed by atoms with Crippen LogP contribution in [-0.2, 0) is 13.2 Å². The number of benzene rings is 2. The molecule has 0 aliphatic carbocycles. The second kappa shape index (κ2) is 11.0. The van der Waals surface area contributed by atoms with Crippen LogP contribution >= 0.6 is 11.6 Å². The average molecular weight is 469 g/mol. The highest BCUT2D eigenvalue weighted by atomic mass is 35.5. The number of nitrogens with one attached hydrogen (secondary N) is 2. The summed E-state index contributed by atoms with van der Waals surface area (Å²) in [6.45, 7) is 9.27.